The number of hydrogen-bond donors (Lipinski definition) is 2. The molecule has 2 atom stereocenters. The number of pyridine rings is 1. The summed E-state index contributed by atoms with van der Waals surface area (Å²) in [6, 6.07) is 14.4. The normalized spacial score (nSPS) is 20.3. The Morgan fingerprint density at radius 3 is 2.41 bits per heavy atom. The maximum Gasteiger partial charge on any atom is 0.264 e. The molecule has 1 fully saturated rings. The molecule has 3 aliphatic rings. The third kappa shape index (κ3) is 5.02. The van der Waals surface area contributed by atoms with Crippen LogP contribution in [0.25, 0.3) is 22.4 Å². The van der Waals surface area contributed by atoms with Gasteiger partial charge in [0.05, 0.1) is 18.9 Å². The highest BCUT2D eigenvalue weighted by Crippen LogP contribution is 2.45. The zero-order valence-corrected chi connectivity index (χ0v) is 26.0. The summed E-state index contributed by atoms with van der Waals surface area (Å²) in [6.07, 6.45) is 2.56. The number of aliphatic hydroxyl groups is 1. The number of carbonyl (C=O) groups is 2. The number of nitrogens with one attached hydrogen (secondary N) is 1. The highest BCUT2D eigenvalue weighted by Gasteiger charge is 2.39. The van der Waals surface area contributed by atoms with E-state index in [-0.39, 0.29) is 5.57 Å². The maximum atomic E-state index is 13.2. The van der Waals surface area contributed by atoms with E-state index >= 15 is 0 Å². The van der Waals surface area contributed by atoms with Crippen LogP contribution in [0.5, 0.6) is 5.88 Å². The molecule has 2 amide bonds. The first-order chi connectivity index (χ1) is 21.1. The van der Waals surface area contributed by atoms with Crippen molar-refractivity contribution < 1.29 is 24.2 Å². The number of fused-ring (bicyclic) bond motifs is 1. The number of hydrogen-bond acceptors (Lipinski definition) is 8. The molecule has 44 heavy (non-hydrogen) atoms. The maximum absolute atomic E-state index is 13.2. The molecule has 10 nitrogen and oxygen atoms in total. The Kier molecular flexibility index (Phi) is 7.91. The van der Waals surface area contributed by atoms with E-state index in [4.69, 9.17) is 14.5 Å². The number of rotatable bonds is 7. The van der Waals surface area contributed by atoms with E-state index in [1.54, 1.807) is 21.3 Å². The van der Waals surface area contributed by atoms with Crippen molar-refractivity contribution in [1.29, 1.82) is 0 Å². The van der Waals surface area contributed by atoms with Crippen molar-refractivity contribution in [3.8, 4) is 28.3 Å². The first-order valence-corrected chi connectivity index (χ1v) is 14.9. The van der Waals surface area contributed by atoms with Gasteiger partial charge >= 0.3 is 0 Å². The Morgan fingerprint density at radius 2 is 1.70 bits per heavy atom. The second-order valence-electron chi connectivity index (χ2n) is 11.8. The molecule has 0 radical (unpaired) electrons. The molecule has 3 aromatic rings. The standard InChI is InChI=1S/C34H39N5O5/c1-19-23(24-10-8-12-27(20(24)2)35-31(40)26-18-37(3)34(42)38(4)33(26)41)9-7-11-25(19)28-15-21-13-14-29(30(21)32(36-28)44-6)39-16-22(17-39)43-5/h7-12,15,18,22,29,34,42H,13-14,16-17H2,1-6H3,(H,35,40). The number of likely N-dealkylation sites (tertiary alicyclic amines) is 1. The molecule has 3 heterocycles. The number of methoxy groups -OCH3 is 2. The van der Waals surface area contributed by atoms with Gasteiger partial charge in [0.2, 0.25) is 12.2 Å². The second kappa shape index (κ2) is 11.7. The van der Waals surface area contributed by atoms with E-state index in [1.165, 1.54) is 29.3 Å². The van der Waals surface area contributed by atoms with Crippen molar-refractivity contribution in [3.63, 3.8) is 0 Å². The summed E-state index contributed by atoms with van der Waals surface area (Å²) in [5.41, 5.74) is 8.85. The van der Waals surface area contributed by atoms with Gasteiger partial charge in [-0.25, -0.2) is 4.98 Å². The predicted octanol–water partition coefficient (Wildman–Crippen LogP) is 3.86. The minimum atomic E-state index is -1.12. The van der Waals surface area contributed by atoms with E-state index in [9.17, 15) is 14.7 Å². The molecule has 0 spiro atoms. The van der Waals surface area contributed by atoms with Crippen molar-refractivity contribution in [1.82, 2.24) is 19.7 Å². The van der Waals surface area contributed by atoms with E-state index in [0.717, 1.165) is 64.3 Å². The van der Waals surface area contributed by atoms with Crippen molar-refractivity contribution in [3.05, 3.63) is 76.5 Å². The first kappa shape index (κ1) is 29.8. The molecule has 2 unspecified atom stereocenters. The largest absolute Gasteiger partial charge is 0.481 e. The lowest BCUT2D eigenvalue weighted by molar-refractivity contribution is -0.148. The Hall–Kier alpha value is -4.25. The summed E-state index contributed by atoms with van der Waals surface area (Å²) < 4.78 is 11.4. The minimum Gasteiger partial charge on any atom is -0.481 e. The SMILES string of the molecule is COc1nc(-c2cccc(-c3cccc(NC(=O)C4=CN(C)C(O)N(C)C4=O)c3C)c2C)cc2c1C(N1CC(OC)C1)CC2. The quantitative estimate of drug-likeness (QED) is 0.396. The van der Waals surface area contributed by atoms with Gasteiger partial charge in [-0.2, -0.15) is 0 Å². The Bertz CT molecular complexity index is 1660. The molecule has 2 N–H and O–H groups in total. The smallest absolute Gasteiger partial charge is 0.264 e. The molecule has 0 bridgehead atoms. The Balaban J connectivity index is 1.30. The first-order valence-electron chi connectivity index (χ1n) is 14.9. The molecule has 1 aliphatic carbocycles. The lowest BCUT2D eigenvalue weighted by atomic mass is 9.91. The summed E-state index contributed by atoms with van der Waals surface area (Å²) in [6.45, 7) is 5.90. The summed E-state index contributed by atoms with van der Waals surface area (Å²) >= 11 is 0. The number of anilines is 1. The molecule has 1 aromatic heterocycles. The third-order valence-electron chi connectivity index (χ3n) is 9.29. The van der Waals surface area contributed by atoms with E-state index < -0.39 is 18.2 Å². The summed E-state index contributed by atoms with van der Waals surface area (Å²) in [5.74, 6) is -0.393. The van der Waals surface area contributed by atoms with Gasteiger partial charge in [-0.1, -0.05) is 30.3 Å². The number of aliphatic hydroxyl groups excluding tert-OH is 1. The van der Waals surface area contributed by atoms with Crippen LogP contribution >= 0.6 is 0 Å². The van der Waals surface area contributed by atoms with Gasteiger partial charge in [0.1, 0.15) is 5.57 Å². The van der Waals surface area contributed by atoms with Crippen molar-refractivity contribution >= 4 is 17.5 Å². The van der Waals surface area contributed by atoms with Gasteiger partial charge in [-0.3, -0.25) is 19.4 Å². The fraction of sp³-hybridized carbons (Fsp3) is 0.382. The Morgan fingerprint density at radius 1 is 1.02 bits per heavy atom. The van der Waals surface area contributed by atoms with Gasteiger partial charge in [0, 0.05) is 63.4 Å². The van der Waals surface area contributed by atoms with Crippen LogP contribution in [0.15, 0.2) is 54.2 Å². The van der Waals surface area contributed by atoms with Crippen LogP contribution in [-0.2, 0) is 20.7 Å². The lowest BCUT2D eigenvalue weighted by Gasteiger charge is -2.42. The van der Waals surface area contributed by atoms with Gasteiger partial charge in [-0.15, -0.1) is 0 Å². The van der Waals surface area contributed by atoms with Crippen LogP contribution in [0.3, 0.4) is 0 Å². The molecular weight excluding hydrogens is 558 g/mol. The minimum absolute atomic E-state index is 0.0465. The van der Waals surface area contributed by atoms with Gasteiger partial charge < -0.3 is 24.8 Å². The predicted molar refractivity (Wildman–Crippen MR) is 168 cm³/mol. The van der Waals surface area contributed by atoms with Crippen LogP contribution in [0.4, 0.5) is 5.69 Å². The number of carbonyl (C=O) groups excluding carboxylic acids is 2. The van der Waals surface area contributed by atoms with Crippen molar-refractivity contribution in [2.45, 2.75) is 45.2 Å². The molecular formula is C34H39N5O5. The average Bonchev–Trinajstić information content (AvgIpc) is 3.42. The lowest BCUT2D eigenvalue weighted by Crippen LogP contribution is -2.52. The second-order valence-corrected chi connectivity index (χ2v) is 11.8. The van der Waals surface area contributed by atoms with E-state index in [2.05, 4.69) is 35.3 Å². The van der Waals surface area contributed by atoms with Crippen LogP contribution < -0.4 is 10.1 Å². The zero-order valence-electron chi connectivity index (χ0n) is 26.0. The fourth-order valence-electron chi connectivity index (χ4n) is 6.62. The van der Waals surface area contributed by atoms with Crippen molar-refractivity contribution in [2.24, 2.45) is 0 Å². The molecule has 6 rings (SSSR count). The number of aryl methyl sites for hydroxylation is 1. The van der Waals surface area contributed by atoms with E-state index in [1.807, 2.05) is 31.2 Å². The number of benzene rings is 2. The number of ether oxygens (including phenoxy) is 2. The highest BCUT2D eigenvalue weighted by atomic mass is 16.5. The number of aromatic nitrogens is 1. The summed E-state index contributed by atoms with van der Waals surface area (Å²) in [5, 5.41) is 13.0. The van der Waals surface area contributed by atoms with Crippen LogP contribution in [0, 0.1) is 13.8 Å². The zero-order chi connectivity index (χ0) is 31.3. The van der Waals surface area contributed by atoms with Crippen molar-refractivity contribution in [2.75, 3.05) is 46.7 Å². The van der Waals surface area contributed by atoms with Crippen LogP contribution in [-0.4, -0.2) is 90.5 Å². The monoisotopic (exact) mass is 597 g/mol. The van der Waals surface area contributed by atoms with E-state index in [0.29, 0.717) is 23.7 Å². The number of likely N-dealkylation sites (N-methyl/N-ethyl adjacent to an activating group) is 1. The molecule has 2 aromatic carbocycles. The molecule has 0 saturated carbocycles. The molecule has 10 heteroatoms. The highest BCUT2D eigenvalue weighted by molar-refractivity contribution is 6.23. The average molecular weight is 598 g/mol. The number of amides is 2. The third-order valence-corrected chi connectivity index (χ3v) is 9.29. The number of nitrogens with zero attached hydrogens (tertiary/aromatic N) is 4. The van der Waals surface area contributed by atoms with Gasteiger partial charge in [0.25, 0.3) is 11.8 Å². The van der Waals surface area contributed by atoms with Gasteiger partial charge in [0.15, 0.2) is 0 Å². The summed E-state index contributed by atoms with van der Waals surface area (Å²) in [4.78, 5) is 35.9. The molecule has 1 saturated heterocycles. The fourth-order valence-corrected chi connectivity index (χ4v) is 6.62. The van der Waals surface area contributed by atoms with Gasteiger partial charge in [-0.05, 0) is 66.6 Å². The molecule has 230 valence electrons. The van der Waals surface area contributed by atoms with Crippen LogP contribution in [0.2, 0.25) is 0 Å². The van der Waals surface area contributed by atoms with Crippen LogP contribution in [0.1, 0.15) is 34.7 Å². The molecule has 2 aliphatic heterocycles. The summed E-state index contributed by atoms with van der Waals surface area (Å²) in [7, 11) is 6.52. The topological polar surface area (TPSA) is 107 Å². The Labute approximate surface area is 257 Å².